The van der Waals surface area contributed by atoms with E-state index in [1.54, 1.807) is 13.4 Å². The fraction of sp³-hybridized carbons (Fsp3) is 0.767. The van der Waals surface area contributed by atoms with Gasteiger partial charge in [-0.3, -0.25) is 9.24 Å². The quantitative estimate of drug-likeness (QED) is 0.0453. The summed E-state index contributed by atoms with van der Waals surface area (Å²) in [5, 5.41) is 0. The zero-order chi connectivity index (χ0) is 24.4. The number of hydrogen-bond donors (Lipinski definition) is 0. The molecule has 0 bridgehead atoms. The summed E-state index contributed by atoms with van der Waals surface area (Å²) in [6.45, 7) is 8.94. The molecule has 0 aliphatic heterocycles. The fourth-order valence-corrected chi connectivity index (χ4v) is 3.12. The second kappa shape index (κ2) is 57.2. The van der Waals surface area contributed by atoms with Crippen LogP contribution in [0.3, 0.4) is 0 Å². The Balaban J connectivity index is -0.0000000935. The molecule has 1 atom stereocenters. The summed E-state index contributed by atoms with van der Waals surface area (Å²) >= 11 is 0. The number of unbranched alkanes of at least 4 members (excludes halogenated alkanes) is 14. The maximum absolute atomic E-state index is 4.79. The summed E-state index contributed by atoms with van der Waals surface area (Å²) in [6, 6.07) is 0. The Morgan fingerprint density at radius 3 is 1.31 bits per heavy atom. The Kier molecular flexibility index (Phi) is 83.4. The van der Waals surface area contributed by atoms with Gasteiger partial charge in [-0.15, -0.1) is 0 Å². The molecule has 5 heteroatoms. The molecule has 0 radical (unpaired) electrons. The predicted molar refractivity (Wildman–Crippen MR) is 154 cm³/mol. The third kappa shape index (κ3) is 67.2. The van der Waals surface area contributed by atoms with E-state index in [2.05, 4.69) is 73.5 Å². The molecule has 0 saturated carbocycles. The number of hydrogen-bond acceptors (Lipinski definition) is 1. The average molecular weight is 588 g/mol. The molecule has 0 rings (SSSR count). The van der Waals surface area contributed by atoms with E-state index >= 15 is 0 Å². The van der Waals surface area contributed by atoms with Crippen LogP contribution < -0.4 is 0 Å². The van der Waals surface area contributed by atoms with Gasteiger partial charge in [-0.05, 0) is 38.2 Å². The van der Waals surface area contributed by atoms with E-state index in [0.29, 0.717) is 0 Å². The number of rotatable bonds is 20. The van der Waals surface area contributed by atoms with Gasteiger partial charge < -0.3 is 10.9 Å². The minimum absolute atomic E-state index is 0. The van der Waals surface area contributed by atoms with Crippen LogP contribution in [0, 0.1) is 119 Å². The van der Waals surface area contributed by atoms with E-state index in [4.69, 9.17) is 4.74 Å². The Morgan fingerprint density at radius 1 is 0.543 bits per heavy atom. The summed E-state index contributed by atoms with van der Waals surface area (Å²) in [7, 11) is 4.29. The van der Waals surface area contributed by atoms with Gasteiger partial charge in [0.1, 0.15) is 0 Å². The zero-order valence-corrected chi connectivity index (χ0v) is 27.1. The van der Waals surface area contributed by atoms with E-state index in [1.807, 2.05) is 0 Å². The Morgan fingerprint density at radius 2 is 0.943 bits per heavy atom. The largest absolute Gasteiger partial charge is 0.505 e. The Hall–Kier alpha value is 3.23. The molecule has 35 heavy (non-hydrogen) atoms. The van der Waals surface area contributed by atoms with Gasteiger partial charge in [-0.2, -0.15) is 6.42 Å². The van der Waals surface area contributed by atoms with Crippen molar-refractivity contribution in [1.29, 1.82) is 0 Å². The van der Waals surface area contributed by atoms with Crippen molar-refractivity contribution in [3.8, 4) is 0 Å². The molecule has 0 spiro atoms. The van der Waals surface area contributed by atoms with E-state index in [1.165, 1.54) is 109 Å². The second-order valence-corrected chi connectivity index (χ2v) is 8.86. The molecule has 0 aliphatic rings. The summed E-state index contributed by atoms with van der Waals surface area (Å²) in [5.74, 6) is 0. The SMILES string of the molecule is CCCC/C=C\C=C\CCCCCCC.CCCCCCC/C=C/OC.CCCC[CH-]P.[Ar].[Ar].[Ar]. The topological polar surface area (TPSA) is 9.23 Å². The van der Waals surface area contributed by atoms with Crippen LogP contribution >= 0.6 is 9.24 Å². The van der Waals surface area contributed by atoms with E-state index < -0.39 is 0 Å². The van der Waals surface area contributed by atoms with E-state index in [0.717, 1.165) is 6.42 Å². The van der Waals surface area contributed by atoms with Crippen LogP contribution in [0.5, 0.6) is 0 Å². The van der Waals surface area contributed by atoms with Gasteiger partial charge in [0.25, 0.3) is 0 Å². The van der Waals surface area contributed by atoms with Crippen LogP contribution in [-0.2, 0) is 4.74 Å². The third-order valence-corrected chi connectivity index (χ3v) is 5.35. The second-order valence-electron chi connectivity index (χ2n) is 8.39. The van der Waals surface area contributed by atoms with Crippen LogP contribution in [0.15, 0.2) is 36.6 Å². The minimum atomic E-state index is 0. The molecule has 0 aromatic carbocycles. The van der Waals surface area contributed by atoms with Gasteiger partial charge >= 0.3 is 0 Å². The predicted octanol–water partition coefficient (Wildman–Crippen LogP) is 11.4. The van der Waals surface area contributed by atoms with Crippen LogP contribution in [0.2, 0.25) is 0 Å². The molecule has 0 aliphatic carbocycles. The smallest absolute Gasteiger partial charge is 0.0784 e. The van der Waals surface area contributed by atoms with Crippen molar-refractivity contribution in [3.05, 3.63) is 42.8 Å². The summed E-state index contributed by atoms with van der Waals surface area (Å²) in [4.78, 5) is 0. The summed E-state index contributed by atoms with van der Waals surface area (Å²) in [5.41, 5.74) is 0. The van der Waals surface area contributed by atoms with Gasteiger partial charge in [0.15, 0.2) is 0 Å². The van der Waals surface area contributed by atoms with Crippen molar-refractivity contribution in [2.24, 2.45) is 0 Å². The number of ether oxygens (including phenoxy) is 1. The van der Waals surface area contributed by atoms with Crippen molar-refractivity contribution >= 4 is 9.24 Å². The number of allylic oxidation sites excluding steroid dienone is 5. The van der Waals surface area contributed by atoms with E-state index in [-0.39, 0.29) is 113 Å². The van der Waals surface area contributed by atoms with Gasteiger partial charge in [0.05, 0.1) is 13.4 Å². The first kappa shape index (κ1) is 51.0. The van der Waals surface area contributed by atoms with Gasteiger partial charge in [-0.25, -0.2) is 0 Å². The summed E-state index contributed by atoms with van der Waals surface area (Å²) < 4.78 is 4.79. The van der Waals surface area contributed by atoms with Gasteiger partial charge in [0.2, 0.25) is 0 Å². The van der Waals surface area contributed by atoms with Crippen molar-refractivity contribution in [2.45, 2.75) is 143 Å². The first-order chi connectivity index (χ1) is 15.7. The molecule has 0 saturated heterocycles. The minimum Gasteiger partial charge on any atom is -0.505 e. The molecule has 0 N–H and O–H groups in total. The Labute approximate surface area is 315 Å². The average Bonchev–Trinajstić information content (AvgIpc) is 2.81. The van der Waals surface area contributed by atoms with Crippen molar-refractivity contribution < 1.29 is 118 Å². The normalized spacial score (nSPS) is 10.0. The molecule has 0 fully saturated rings. The molecule has 216 valence electrons. The molecule has 0 aromatic heterocycles. The molecular weight excluding hydrogens is 527 g/mol. The molecular formula is C30H60Ar3OP-. The van der Waals surface area contributed by atoms with Crippen LogP contribution in [0.25, 0.3) is 0 Å². The first-order valence-electron chi connectivity index (χ1n) is 13.8. The zero-order valence-electron chi connectivity index (χ0n) is 23.8. The van der Waals surface area contributed by atoms with Crippen LogP contribution in [0.4, 0.5) is 0 Å². The molecule has 1 nitrogen and oxygen atoms in total. The third-order valence-electron chi connectivity index (χ3n) is 5.01. The maximum atomic E-state index is 4.79. The fourth-order valence-electron chi connectivity index (χ4n) is 2.89. The van der Waals surface area contributed by atoms with Crippen LogP contribution in [-0.4, -0.2) is 7.11 Å². The first-order valence-corrected chi connectivity index (χ1v) is 14.4. The van der Waals surface area contributed by atoms with Gasteiger partial charge in [-0.1, -0.05) is 129 Å². The number of methoxy groups -OCH3 is 1. The standard InChI is InChI=1S/C15H28.C10H20O.C5H12P.3Ar/c1-3-5-7-9-11-13-15-14-12-10-8-6-4-2;1-3-4-5-6-7-8-9-10-11-2;1-2-3-4-5-6;;;/h9,11,13,15H,3-8,10,12,14H2,1-2H3;9-10H,3-8H2,1-2H3;5H,2-4,6H2,1H3;;;/q;;-1;;;/b11-9-,15-13+;10-9+;;;;. The molecule has 0 aromatic rings. The van der Waals surface area contributed by atoms with Crippen LogP contribution in [0.1, 0.15) is 143 Å². The Bertz CT molecular complexity index is 371. The molecule has 0 amide bonds. The summed E-state index contributed by atoms with van der Waals surface area (Å²) in [6.07, 6.45) is 38.8. The van der Waals surface area contributed by atoms with Gasteiger partial charge in [0, 0.05) is 113 Å². The maximum Gasteiger partial charge on any atom is 0.0784 e. The van der Waals surface area contributed by atoms with Crippen molar-refractivity contribution in [2.75, 3.05) is 7.11 Å². The van der Waals surface area contributed by atoms with E-state index in [9.17, 15) is 0 Å². The monoisotopic (exact) mass is 587 g/mol. The van der Waals surface area contributed by atoms with Crippen molar-refractivity contribution in [3.63, 3.8) is 0 Å². The molecule has 1 unspecified atom stereocenters. The molecule has 0 heterocycles. The van der Waals surface area contributed by atoms with Crippen molar-refractivity contribution in [1.82, 2.24) is 0 Å².